The van der Waals surface area contributed by atoms with Crippen molar-refractivity contribution < 1.29 is 29.7 Å². The maximum absolute atomic E-state index is 11.1. The molecule has 0 amide bonds. The maximum Gasteiger partial charge on any atom is 0.336 e. The zero-order chi connectivity index (χ0) is 14.0. The van der Waals surface area contributed by atoms with Gasteiger partial charge in [0.1, 0.15) is 0 Å². The molecular weight excluding hydrogens is 240 g/mol. The first kappa shape index (κ1) is 13.7. The lowest BCUT2D eigenvalue weighted by atomic mass is 9.90. The highest BCUT2D eigenvalue weighted by Crippen LogP contribution is 2.26. The predicted octanol–water partition coefficient (Wildman–Crippen LogP) is 1.90. The average Bonchev–Trinajstić information content (AvgIpc) is 2.26. The summed E-state index contributed by atoms with van der Waals surface area (Å²) >= 11 is 0. The minimum absolute atomic E-state index is 0.125. The van der Waals surface area contributed by atoms with Gasteiger partial charge in [-0.3, -0.25) is 0 Å². The third-order valence-electron chi connectivity index (χ3n) is 2.47. The summed E-state index contributed by atoms with van der Waals surface area (Å²) in [6.45, 7) is 3.29. The molecule has 3 N–H and O–H groups in total. The molecule has 1 aromatic carbocycles. The SMILES string of the molecule is CC(C)c1c(C(=O)O)cc(C(=O)O)cc1C(=O)O. The predicted molar refractivity (Wildman–Crippen MR) is 61.4 cm³/mol. The van der Waals surface area contributed by atoms with Crippen LogP contribution in [-0.2, 0) is 0 Å². The summed E-state index contributed by atoms with van der Waals surface area (Å²) in [5, 5.41) is 26.9. The Bertz CT molecular complexity index is 494. The van der Waals surface area contributed by atoms with Gasteiger partial charge in [-0.2, -0.15) is 0 Å². The molecule has 6 heteroatoms. The molecule has 6 nitrogen and oxygen atoms in total. The van der Waals surface area contributed by atoms with E-state index in [0.29, 0.717) is 0 Å². The number of hydrogen-bond acceptors (Lipinski definition) is 3. The van der Waals surface area contributed by atoms with E-state index in [0.717, 1.165) is 12.1 Å². The van der Waals surface area contributed by atoms with Crippen LogP contribution >= 0.6 is 0 Å². The van der Waals surface area contributed by atoms with E-state index in [1.54, 1.807) is 13.8 Å². The molecule has 0 saturated heterocycles. The van der Waals surface area contributed by atoms with Gasteiger partial charge in [-0.15, -0.1) is 0 Å². The number of carboxylic acid groups (broad SMARTS) is 3. The van der Waals surface area contributed by atoms with Gasteiger partial charge >= 0.3 is 17.9 Å². The Morgan fingerprint density at radius 3 is 1.50 bits per heavy atom. The van der Waals surface area contributed by atoms with Crippen LogP contribution in [0.25, 0.3) is 0 Å². The number of rotatable bonds is 4. The van der Waals surface area contributed by atoms with Crippen molar-refractivity contribution in [1.82, 2.24) is 0 Å². The van der Waals surface area contributed by atoms with Crippen LogP contribution < -0.4 is 0 Å². The molecule has 0 spiro atoms. The van der Waals surface area contributed by atoms with Crippen LogP contribution in [0.5, 0.6) is 0 Å². The summed E-state index contributed by atoms with van der Waals surface area (Å²) in [5.41, 5.74) is -0.807. The molecule has 96 valence electrons. The van der Waals surface area contributed by atoms with Crippen molar-refractivity contribution in [2.45, 2.75) is 19.8 Å². The van der Waals surface area contributed by atoms with E-state index in [-0.39, 0.29) is 28.2 Å². The summed E-state index contributed by atoms with van der Waals surface area (Å²) in [5.74, 6) is -4.39. The van der Waals surface area contributed by atoms with Gasteiger partial charge in [-0.1, -0.05) is 13.8 Å². The van der Waals surface area contributed by atoms with Gasteiger partial charge in [0, 0.05) is 0 Å². The Kier molecular flexibility index (Phi) is 3.70. The highest BCUT2D eigenvalue weighted by atomic mass is 16.4. The molecule has 0 radical (unpaired) electrons. The molecule has 0 saturated carbocycles. The van der Waals surface area contributed by atoms with Crippen molar-refractivity contribution in [3.8, 4) is 0 Å². The summed E-state index contributed by atoms with van der Waals surface area (Å²) < 4.78 is 0. The summed E-state index contributed by atoms with van der Waals surface area (Å²) in [4.78, 5) is 33.0. The molecular formula is C12H12O6. The first-order valence-corrected chi connectivity index (χ1v) is 5.13. The van der Waals surface area contributed by atoms with Crippen LogP contribution in [0.4, 0.5) is 0 Å². The average molecular weight is 252 g/mol. The van der Waals surface area contributed by atoms with Crippen molar-refractivity contribution in [2.75, 3.05) is 0 Å². The minimum Gasteiger partial charge on any atom is -0.478 e. The van der Waals surface area contributed by atoms with Crippen LogP contribution in [0.1, 0.15) is 56.4 Å². The second-order valence-corrected chi connectivity index (χ2v) is 4.06. The first-order chi connectivity index (χ1) is 8.25. The van der Waals surface area contributed by atoms with Gasteiger partial charge in [0.05, 0.1) is 16.7 Å². The molecule has 0 aliphatic heterocycles. The number of hydrogen-bond donors (Lipinski definition) is 3. The number of benzene rings is 1. The fourth-order valence-corrected chi connectivity index (χ4v) is 1.75. The van der Waals surface area contributed by atoms with Gasteiger partial charge in [0.25, 0.3) is 0 Å². The summed E-state index contributed by atoms with van der Waals surface area (Å²) in [6.07, 6.45) is 0. The Morgan fingerprint density at radius 1 is 0.889 bits per heavy atom. The van der Waals surface area contributed by atoms with E-state index < -0.39 is 17.9 Å². The van der Waals surface area contributed by atoms with Crippen molar-refractivity contribution >= 4 is 17.9 Å². The van der Waals surface area contributed by atoms with Gasteiger partial charge in [-0.25, -0.2) is 14.4 Å². The third kappa shape index (κ3) is 2.48. The van der Waals surface area contributed by atoms with E-state index in [1.807, 2.05) is 0 Å². The molecule has 18 heavy (non-hydrogen) atoms. The van der Waals surface area contributed by atoms with Crippen LogP contribution in [0.2, 0.25) is 0 Å². The van der Waals surface area contributed by atoms with Crippen molar-refractivity contribution in [3.05, 3.63) is 34.4 Å². The molecule has 0 aliphatic rings. The van der Waals surface area contributed by atoms with Crippen LogP contribution in [-0.4, -0.2) is 33.2 Å². The van der Waals surface area contributed by atoms with Crippen LogP contribution in [0.3, 0.4) is 0 Å². The second kappa shape index (κ2) is 4.87. The highest BCUT2D eigenvalue weighted by Gasteiger charge is 2.23. The maximum atomic E-state index is 11.1. The van der Waals surface area contributed by atoms with E-state index in [2.05, 4.69) is 0 Å². The molecule has 0 atom stereocenters. The Balaban J connectivity index is 3.71. The van der Waals surface area contributed by atoms with E-state index >= 15 is 0 Å². The smallest absolute Gasteiger partial charge is 0.336 e. The molecule has 0 aliphatic carbocycles. The normalized spacial score (nSPS) is 10.4. The number of carboxylic acids is 3. The lowest BCUT2D eigenvalue weighted by Crippen LogP contribution is -2.14. The lowest BCUT2D eigenvalue weighted by molar-refractivity contribution is 0.0694. The molecule has 0 bridgehead atoms. The van der Waals surface area contributed by atoms with E-state index in [4.69, 9.17) is 15.3 Å². The molecule has 0 fully saturated rings. The first-order valence-electron chi connectivity index (χ1n) is 5.13. The van der Waals surface area contributed by atoms with Crippen molar-refractivity contribution in [2.24, 2.45) is 0 Å². The topological polar surface area (TPSA) is 112 Å². The molecule has 0 unspecified atom stereocenters. The van der Waals surface area contributed by atoms with Gasteiger partial charge in [0.2, 0.25) is 0 Å². The summed E-state index contributed by atoms with van der Waals surface area (Å²) in [6, 6.07) is 1.96. The largest absolute Gasteiger partial charge is 0.478 e. The van der Waals surface area contributed by atoms with Gasteiger partial charge in [-0.05, 0) is 23.6 Å². The monoisotopic (exact) mass is 252 g/mol. The fraction of sp³-hybridized carbons (Fsp3) is 0.250. The Labute approximate surface area is 102 Å². The number of carbonyl (C=O) groups is 3. The highest BCUT2D eigenvalue weighted by molar-refractivity contribution is 6.01. The third-order valence-corrected chi connectivity index (χ3v) is 2.47. The quantitative estimate of drug-likeness (QED) is 0.754. The van der Waals surface area contributed by atoms with Crippen LogP contribution in [0, 0.1) is 0 Å². The van der Waals surface area contributed by atoms with Crippen LogP contribution in [0.15, 0.2) is 12.1 Å². The summed E-state index contributed by atoms with van der Waals surface area (Å²) in [7, 11) is 0. The minimum atomic E-state index is -1.37. The fourth-order valence-electron chi connectivity index (χ4n) is 1.75. The Morgan fingerprint density at radius 2 is 1.28 bits per heavy atom. The molecule has 0 aromatic heterocycles. The zero-order valence-corrected chi connectivity index (χ0v) is 9.80. The molecule has 1 rings (SSSR count). The van der Waals surface area contributed by atoms with Gasteiger partial charge < -0.3 is 15.3 Å². The lowest BCUT2D eigenvalue weighted by Gasteiger charge is -2.14. The van der Waals surface area contributed by atoms with E-state index in [9.17, 15) is 14.4 Å². The molecule has 1 aromatic rings. The van der Waals surface area contributed by atoms with Crippen molar-refractivity contribution in [3.63, 3.8) is 0 Å². The van der Waals surface area contributed by atoms with Crippen molar-refractivity contribution in [1.29, 1.82) is 0 Å². The Hall–Kier alpha value is -2.37. The second-order valence-electron chi connectivity index (χ2n) is 4.06. The zero-order valence-electron chi connectivity index (χ0n) is 9.80. The standard InChI is InChI=1S/C12H12O6/c1-5(2)9-7(11(15)16)3-6(10(13)14)4-8(9)12(17)18/h3-5H,1-2H3,(H,13,14)(H,15,16)(H,17,18). The molecule has 0 heterocycles. The number of aromatic carboxylic acids is 3. The van der Waals surface area contributed by atoms with E-state index in [1.165, 1.54) is 0 Å². The van der Waals surface area contributed by atoms with Gasteiger partial charge in [0.15, 0.2) is 0 Å².